The van der Waals surface area contributed by atoms with Crippen LogP contribution in [0.5, 0.6) is 5.75 Å². The van der Waals surface area contributed by atoms with Crippen molar-refractivity contribution in [1.82, 2.24) is 10.6 Å². The normalized spacial score (nSPS) is 11.7. The van der Waals surface area contributed by atoms with E-state index in [4.69, 9.17) is 4.74 Å². The fourth-order valence-electron chi connectivity index (χ4n) is 1.72. The molecule has 4 heteroatoms. The molecule has 2 N–H and O–H groups in total. The van der Waals surface area contributed by atoms with Crippen molar-refractivity contribution in [2.45, 2.75) is 26.2 Å². The highest BCUT2D eigenvalue weighted by Gasteiger charge is 2.06. The van der Waals surface area contributed by atoms with Crippen LogP contribution in [-0.4, -0.2) is 26.2 Å². The summed E-state index contributed by atoms with van der Waals surface area (Å²) >= 11 is 0. The van der Waals surface area contributed by atoms with Crippen molar-refractivity contribution in [1.29, 1.82) is 0 Å². The van der Waals surface area contributed by atoms with Crippen molar-refractivity contribution in [2.24, 2.45) is 0 Å². The van der Waals surface area contributed by atoms with Gasteiger partial charge in [-0.25, -0.2) is 4.79 Å². The van der Waals surface area contributed by atoms with Crippen LogP contribution in [0.25, 0.3) is 0 Å². The Morgan fingerprint density at radius 1 is 1.28 bits per heavy atom. The zero-order valence-electron chi connectivity index (χ0n) is 11.3. The number of hydrogen-bond donors (Lipinski definition) is 2. The largest absolute Gasteiger partial charge is 0.497 e. The molecule has 0 aliphatic heterocycles. The van der Waals surface area contributed by atoms with Crippen LogP contribution < -0.4 is 15.4 Å². The summed E-state index contributed by atoms with van der Waals surface area (Å²) in [5.41, 5.74) is 1.26. The standard InChI is InChI=1S/C14H22N2O2/c1-4-15-14(17)16-10-9-11(2)12-5-7-13(18-3)8-6-12/h5-8,11H,4,9-10H2,1-3H3,(H2,15,16,17)/t11-/m1/s1. The second-order valence-corrected chi connectivity index (χ2v) is 4.25. The summed E-state index contributed by atoms with van der Waals surface area (Å²) in [6.45, 7) is 5.39. The Morgan fingerprint density at radius 3 is 2.50 bits per heavy atom. The highest BCUT2D eigenvalue weighted by Crippen LogP contribution is 2.21. The van der Waals surface area contributed by atoms with Gasteiger partial charge < -0.3 is 15.4 Å². The lowest BCUT2D eigenvalue weighted by molar-refractivity contribution is 0.241. The number of benzene rings is 1. The number of methoxy groups -OCH3 is 1. The first-order valence-electron chi connectivity index (χ1n) is 6.33. The summed E-state index contributed by atoms with van der Waals surface area (Å²) in [4.78, 5) is 11.2. The fourth-order valence-corrected chi connectivity index (χ4v) is 1.72. The van der Waals surface area contributed by atoms with Gasteiger partial charge in [0.15, 0.2) is 0 Å². The van der Waals surface area contributed by atoms with Crippen LogP contribution in [0.15, 0.2) is 24.3 Å². The number of ether oxygens (including phenoxy) is 1. The number of carbonyl (C=O) groups is 1. The summed E-state index contributed by atoms with van der Waals surface area (Å²) in [5, 5.41) is 5.54. The lowest BCUT2D eigenvalue weighted by Crippen LogP contribution is -2.36. The minimum absolute atomic E-state index is 0.0977. The van der Waals surface area contributed by atoms with E-state index < -0.39 is 0 Å². The van der Waals surface area contributed by atoms with Crippen LogP contribution in [0.4, 0.5) is 4.79 Å². The lowest BCUT2D eigenvalue weighted by atomic mass is 9.98. The maximum absolute atomic E-state index is 11.2. The quantitative estimate of drug-likeness (QED) is 0.815. The fraction of sp³-hybridized carbons (Fsp3) is 0.500. The summed E-state index contributed by atoms with van der Waals surface area (Å²) in [7, 11) is 1.66. The Balaban J connectivity index is 2.35. The molecule has 1 aromatic rings. The number of nitrogens with one attached hydrogen (secondary N) is 2. The Hall–Kier alpha value is -1.71. The molecule has 0 heterocycles. The van der Waals surface area contributed by atoms with Gasteiger partial charge in [0.2, 0.25) is 0 Å². The third-order valence-electron chi connectivity index (χ3n) is 2.89. The minimum atomic E-state index is -0.0977. The van der Waals surface area contributed by atoms with E-state index in [2.05, 4.69) is 29.7 Å². The Bertz CT molecular complexity index is 363. The molecule has 0 unspecified atom stereocenters. The van der Waals surface area contributed by atoms with E-state index in [9.17, 15) is 4.79 Å². The first kappa shape index (κ1) is 14.4. The van der Waals surface area contributed by atoms with Gasteiger partial charge in [-0.05, 0) is 37.0 Å². The topological polar surface area (TPSA) is 50.4 Å². The molecule has 0 aliphatic rings. The van der Waals surface area contributed by atoms with E-state index in [-0.39, 0.29) is 6.03 Å². The average molecular weight is 250 g/mol. The minimum Gasteiger partial charge on any atom is -0.497 e. The number of carbonyl (C=O) groups excluding carboxylic acids is 1. The van der Waals surface area contributed by atoms with Crippen molar-refractivity contribution in [3.05, 3.63) is 29.8 Å². The predicted octanol–water partition coefficient (Wildman–Crippen LogP) is 2.51. The monoisotopic (exact) mass is 250 g/mol. The van der Waals surface area contributed by atoms with E-state index in [0.717, 1.165) is 12.2 Å². The van der Waals surface area contributed by atoms with Crippen molar-refractivity contribution in [3.8, 4) is 5.75 Å². The average Bonchev–Trinajstić information content (AvgIpc) is 2.39. The van der Waals surface area contributed by atoms with Gasteiger partial charge in [-0.1, -0.05) is 19.1 Å². The smallest absolute Gasteiger partial charge is 0.314 e. The molecule has 0 bridgehead atoms. The first-order chi connectivity index (χ1) is 8.67. The summed E-state index contributed by atoms with van der Waals surface area (Å²) in [6.07, 6.45) is 0.920. The van der Waals surface area contributed by atoms with Crippen LogP contribution in [0.3, 0.4) is 0 Å². The molecule has 0 spiro atoms. The molecule has 100 valence electrons. The second kappa shape index (κ2) is 7.58. The van der Waals surface area contributed by atoms with Crippen LogP contribution in [-0.2, 0) is 0 Å². The highest BCUT2D eigenvalue weighted by atomic mass is 16.5. The predicted molar refractivity (Wildman–Crippen MR) is 73.1 cm³/mol. The highest BCUT2D eigenvalue weighted by molar-refractivity contribution is 5.73. The molecule has 0 saturated carbocycles. The number of rotatable bonds is 6. The van der Waals surface area contributed by atoms with Gasteiger partial charge in [-0.2, -0.15) is 0 Å². The summed E-state index contributed by atoms with van der Waals surface area (Å²) < 4.78 is 5.12. The Morgan fingerprint density at radius 2 is 1.94 bits per heavy atom. The zero-order chi connectivity index (χ0) is 13.4. The molecule has 1 rings (SSSR count). The molecule has 1 atom stereocenters. The van der Waals surface area contributed by atoms with Crippen molar-refractivity contribution in [3.63, 3.8) is 0 Å². The van der Waals surface area contributed by atoms with E-state index in [1.54, 1.807) is 7.11 Å². The van der Waals surface area contributed by atoms with Gasteiger partial charge in [-0.15, -0.1) is 0 Å². The van der Waals surface area contributed by atoms with E-state index >= 15 is 0 Å². The molecule has 0 fully saturated rings. The Kier molecular flexibility index (Phi) is 6.05. The van der Waals surface area contributed by atoms with Gasteiger partial charge in [-0.3, -0.25) is 0 Å². The van der Waals surface area contributed by atoms with Crippen LogP contribution in [0, 0.1) is 0 Å². The third kappa shape index (κ3) is 4.65. The van der Waals surface area contributed by atoms with Crippen LogP contribution >= 0.6 is 0 Å². The van der Waals surface area contributed by atoms with Gasteiger partial charge in [0.05, 0.1) is 7.11 Å². The Labute approximate surface area is 109 Å². The van der Waals surface area contributed by atoms with Gasteiger partial charge in [0.1, 0.15) is 5.75 Å². The van der Waals surface area contributed by atoms with Gasteiger partial charge >= 0.3 is 6.03 Å². The molecule has 2 amide bonds. The van der Waals surface area contributed by atoms with Crippen LogP contribution in [0.2, 0.25) is 0 Å². The van der Waals surface area contributed by atoms with Crippen LogP contribution in [0.1, 0.15) is 31.7 Å². The zero-order valence-corrected chi connectivity index (χ0v) is 11.3. The first-order valence-corrected chi connectivity index (χ1v) is 6.33. The molecule has 1 aromatic carbocycles. The molecule has 18 heavy (non-hydrogen) atoms. The molecular formula is C14H22N2O2. The molecule has 0 aliphatic carbocycles. The van der Waals surface area contributed by atoms with Gasteiger partial charge in [0, 0.05) is 13.1 Å². The summed E-state index contributed by atoms with van der Waals surface area (Å²) in [5.74, 6) is 1.28. The van der Waals surface area contributed by atoms with Crippen molar-refractivity contribution < 1.29 is 9.53 Å². The van der Waals surface area contributed by atoms with Crippen molar-refractivity contribution in [2.75, 3.05) is 20.2 Å². The molecule has 0 saturated heterocycles. The van der Waals surface area contributed by atoms with E-state index in [1.807, 2.05) is 19.1 Å². The molecular weight excluding hydrogens is 228 g/mol. The maximum atomic E-state index is 11.2. The molecule has 0 radical (unpaired) electrons. The number of urea groups is 1. The van der Waals surface area contributed by atoms with Crippen molar-refractivity contribution >= 4 is 6.03 Å². The van der Waals surface area contributed by atoms with E-state index in [0.29, 0.717) is 19.0 Å². The second-order valence-electron chi connectivity index (χ2n) is 4.25. The molecule has 0 aromatic heterocycles. The maximum Gasteiger partial charge on any atom is 0.314 e. The molecule has 4 nitrogen and oxygen atoms in total. The lowest BCUT2D eigenvalue weighted by Gasteiger charge is -2.13. The SMILES string of the molecule is CCNC(=O)NCC[C@@H](C)c1ccc(OC)cc1. The third-order valence-corrected chi connectivity index (χ3v) is 2.89. The summed E-state index contributed by atoms with van der Waals surface area (Å²) in [6, 6.07) is 7.96. The van der Waals surface area contributed by atoms with E-state index in [1.165, 1.54) is 5.56 Å². The number of amides is 2. The van der Waals surface area contributed by atoms with Gasteiger partial charge in [0.25, 0.3) is 0 Å². The number of hydrogen-bond acceptors (Lipinski definition) is 2.